The third-order valence-corrected chi connectivity index (χ3v) is 4.45. The quantitative estimate of drug-likeness (QED) is 0.523. The Morgan fingerprint density at radius 2 is 1.29 bits per heavy atom. The minimum absolute atomic E-state index is 0.256. The van der Waals surface area contributed by atoms with Gasteiger partial charge in [0, 0.05) is 16.8 Å². The topological polar surface area (TPSA) is 107 Å². The number of nitrogens with one attached hydrogen (secondary N) is 1. The van der Waals surface area contributed by atoms with Crippen molar-refractivity contribution >= 4 is 46.4 Å². The van der Waals surface area contributed by atoms with Gasteiger partial charge in [0.2, 0.25) is 5.91 Å². The van der Waals surface area contributed by atoms with Crippen LogP contribution in [0.2, 0.25) is 10.0 Å². The van der Waals surface area contributed by atoms with Crippen LogP contribution in [0.1, 0.15) is 20.7 Å². The largest absolute Gasteiger partial charge is 0.457 e. The zero-order chi connectivity index (χ0) is 20.3. The molecular weight excluding hydrogens is 401 g/mol. The first kappa shape index (κ1) is 19.5. The Morgan fingerprint density at radius 1 is 0.821 bits per heavy atom. The van der Waals surface area contributed by atoms with Crippen molar-refractivity contribution in [2.75, 3.05) is 11.1 Å². The second-order valence-electron chi connectivity index (χ2n) is 5.82. The lowest BCUT2D eigenvalue weighted by atomic mass is 10.2. The summed E-state index contributed by atoms with van der Waals surface area (Å²) >= 11 is 11.9. The van der Waals surface area contributed by atoms with Crippen LogP contribution in [0.4, 0.5) is 11.4 Å². The van der Waals surface area contributed by atoms with Gasteiger partial charge < -0.3 is 21.5 Å². The molecule has 0 saturated heterocycles. The van der Waals surface area contributed by atoms with Crippen LogP contribution in [-0.4, -0.2) is 11.8 Å². The molecule has 6 nitrogen and oxygen atoms in total. The van der Waals surface area contributed by atoms with Crippen LogP contribution in [0.5, 0.6) is 11.5 Å². The average Bonchev–Trinajstić information content (AvgIpc) is 2.67. The first-order chi connectivity index (χ1) is 13.3. The number of halogens is 2. The van der Waals surface area contributed by atoms with E-state index < -0.39 is 5.91 Å². The van der Waals surface area contributed by atoms with E-state index in [1.807, 2.05) is 0 Å². The molecule has 0 spiro atoms. The summed E-state index contributed by atoms with van der Waals surface area (Å²) in [5.74, 6) is 0.218. The molecule has 0 radical (unpaired) electrons. The summed E-state index contributed by atoms with van der Waals surface area (Å²) in [6, 6.07) is 16.0. The number of hydrogen-bond donors (Lipinski definition) is 3. The van der Waals surface area contributed by atoms with Crippen molar-refractivity contribution in [3.8, 4) is 11.5 Å². The molecule has 0 aliphatic carbocycles. The van der Waals surface area contributed by atoms with Gasteiger partial charge in [0.05, 0.1) is 15.7 Å². The zero-order valence-corrected chi connectivity index (χ0v) is 15.9. The van der Waals surface area contributed by atoms with Gasteiger partial charge in [-0.3, -0.25) is 9.59 Å². The first-order valence-electron chi connectivity index (χ1n) is 8.07. The predicted molar refractivity (Wildman–Crippen MR) is 110 cm³/mol. The molecule has 0 saturated carbocycles. The number of benzene rings is 3. The van der Waals surface area contributed by atoms with Crippen LogP contribution in [0, 0.1) is 0 Å². The molecule has 3 rings (SSSR count). The first-order valence-corrected chi connectivity index (χ1v) is 8.83. The van der Waals surface area contributed by atoms with Crippen molar-refractivity contribution in [2.45, 2.75) is 0 Å². The van der Waals surface area contributed by atoms with Crippen molar-refractivity contribution in [3.63, 3.8) is 0 Å². The molecule has 3 aromatic rings. The van der Waals surface area contributed by atoms with Crippen LogP contribution < -0.4 is 21.5 Å². The highest BCUT2D eigenvalue weighted by atomic mass is 35.5. The van der Waals surface area contributed by atoms with E-state index in [1.165, 1.54) is 12.1 Å². The Bertz CT molecular complexity index is 1010. The van der Waals surface area contributed by atoms with E-state index in [1.54, 1.807) is 48.5 Å². The van der Waals surface area contributed by atoms with Crippen molar-refractivity contribution in [1.29, 1.82) is 0 Å². The van der Waals surface area contributed by atoms with E-state index >= 15 is 0 Å². The van der Waals surface area contributed by atoms with E-state index in [0.29, 0.717) is 28.3 Å². The lowest BCUT2D eigenvalue weighted by Crippen LogP contribution is -2.12. The Labute approximate surface area is 171 Å². The van der Waals surface area contributed by atoms with Gasteiger partial charge in [-0.1, -0.05) is 23.2 Å². The van der Waals surface area contributed by atoms with Gasteiger partial charge in [-0.25, -0.2) is 0 Å². The monoisotopic (exact) mass is 415 g/mol. The highest BCUT2D eigenvalue weighted by molar-refractivity contribution is 6.39. The molecule has 0 unspecified atom stereocenters. The van der Waals surface area contributed by atoms with Gasteiger partial charge >= 0.3 is 0 Å². The summed E-state index contributed by atoms with van der Waals surface area (Å²) in [5.41, 5.74) is 12.4. The fourth-order valence-electron chi connectivity index (χ4n) is 2.36. The third-order valence-electron chi connectivity index (χ3n) is 3.83. The second-order valence-corrected chi connectivity index (χ2v) is 6.64. The number of anilines is 2. The molecule has 0 atom stereocenters. The lowest BCUT2D eigenvalue weighted by Gasteiger charge is -2.10. The minimum atomic E-state index is -0.509. The molecular formula is C20H15Cl2N3O3. The number of rotatable bonds is 5. The molecule has 0 fully saturated rings. The highest BCUT2D eigenvalue weighted by Gasteiger charge is 2.10. The summed E-state index contributed by atoms with van der Waals surface area (Å²) < 4.78 is 5.68. The molecule has 0 aromatic heterocycles. The number of nitrogens with two attached hydrogens (primary N) is 2. The van der Waals surface area contributed by atoms with Gasteiger partial charge in [-0.15, -0.1) is 0 Å². The third kappa shape index (κ3) is 4.54. The van der Waals surface area contributed by atoms with Crippen LogP contribution in [0.25, 0.3) is 0 Å². The Balaban J connectivity index is 1.68. The molecule has 0 heterocycles. The Morgan fingerprint density at radius 3 is 1.75 bits per heavy atom. The number of ether oxygens (including phenoxy) is 1. The standard InChI is InChI=1S/C20H15Cl2N3O3/c21-16-9-13(10-17(22)18(16)23)25-20(27)12-3-7-15(8-4-12)28-14-5-1-11(2-6-14)19(24)26/h1-10H,23H2,(H2,24,26)(H,25,27). The normalized spacial score (nSPS) is 10.4. The summed E-state index contributed by atoms with van der Waals surface area (Å²) in [6.45, 7) is 0. The van der Waals surface area contributed by atoms with Gasteiger partial charge in [0.15, 0.2) is 0 Å². The van der Waals surface area contributed by atoms with Crippen LogP contribution >= 0.6 is 23.2 Å². The number of nitrogen functional groups attached to an aromatic ring is 1. The van der Waals surface area contributed by atoms with Gasteiger partial charge in [0.25, 0.3) is 5.91 Å². The highest BCUT2D eigenvalue weighted by Crippen LogP contribution is 2.31. The summed E-state index contributed by atoms with van der Waals surface area (Å²) in [6.07, 6.45) is 0. The molecule has 3 aromatic carbocycles. The Hall–Kier alpha value is -3.22. The maximum atomic E-state index is 12.4. The molecule has 0 bridgehead atoms. The maximum Gasteiger partial charge on any atom is 0.255 e. The van der Waals surface area contributed by atoms with Gasteiger partial charge in [-0.05, 0) is 60.7 Å². The summed E-state index contributed by atoms with van der Waals surface area (Å²) in [5, 5.41) is 3.22. The number of primary amides is 1. The fourth-order valence-corrected chi connectivity index (χ4v) is 2.84. The summed E-state index contributed by atoms with van der Waals surface area (Å²) in [4.78, 5) is 23.5. The zero-order valence-electron chi connectivity index (χ0n) is 14.4. The SMILES string of the molecule is NC(=O)c1ccc(Oc2ccc(C(=O)Nc3cc(Cl)c(N)c(Cl)c3)cc2)cc1. The van der Waals surface area contributed by atoms with Crippen LogP contribution in [0.3, 0.4) is 0 Å². The van der Waals surface area contributed by atoms with Crippen molar-refractivity contribution in [1.82, 2.24) is 0 Å². The lowest BCUT2D eigenvalue weighted by molar-refractivity contribution is 0.0997. The molecule has 0 aliphatic heterocycles. The van der Waals surface area contributed by atoms with E-state index in [0.717, 1.165) is 0 Å². The van der Waals surface area contributed by atoms with E-state index in [4.69, 9.17) is 39.4 Å². The van der Waals surface area contributed by atoms with Gasteiger partial charge in [-0.2, -0.15) is 0 Å². The van der Waals surface area contributed by atoms with Crippen molar-refractivity contribution in [3.05, 3.63) is 81.8 Å². The number of carbonyl (C=O) groups excluding carboxylic acids is 2. The molecule has 8 heteroatoms. The number of amides is 2. The number of hydrogen-bond acceptors (Lipinski definition) is 4. The molecule has 28 heavy (non-hydrogen) atoms. The van der Waals surface area contributed by atoms with E-state index in [2.05, 4.69) is 5.32 Å². The minimum Gasteiger partial charge on any atom is -0.457 e. The van der Waals surface area contributed by atoms with Crippen LogP contribution in [0.15, 0.2) is 60.7 Å². The number of carbonyl (C=O) groups is 2. The van der Waals surface area contributed by atoms with E-state index in [9.17, 15) is 9.59 Å². The fraction of sp³-hybridized carbons (Fsp3) is 0. The smallest absolute Gasteiger partial charge is 0.255 e. The maximum absolute atomic E-state index is 12.4. The average molecular weight is 416 g/mol. The summed E-state index contributed by atoms with van der Waals surface area (Å²) in [7, 11) is 0. The molecule has 142 valence electrons. The van der Waals surface area contributed by atoms with Crippen molar-refractivity contribution in [2.24, 2.45) is 5.73 Å². The van der Waals surface area contributed by atoms with Crippen molar-refractivity contribution < 1.29 is 14.3 Å². The molecule has 0 aliphatic rings. The Kier molecular flexibility index (Phi) is 5.73. The predicted octanol–water partition coefficient (Wildman–Crippen LogP) is 4.72. The second kappa shape index (κ2) is 8.21. The van der Waals surface area contributed by atoms with Crippen LogP contribution in [-0.2, 0) is 0 Å². The van der Waals surface area contributed by atoms with E-state index in [-0.39, 0.29) is 21.6 Å². The van der Waals surface area contributed by atoms with Gasteiger partial charge in [0.1, 0.15) is 11.5 Å². The molecule has 5 N–H and O–H groups in total. The molecule has 2 amide bonds.